The van der Waals surface area contributed by atoms with Crippen molar-refractivity contribution >= 4 is 27.5 Å². The molecule has 0 spiro atoms. The normalized spacial score (nSPS) is 17.1. The van der Waals surface area contributed by atoms with Crippen molar-refractivity contribution in [3.8, 4) is 5.75 Å². The molecule has 29 heavy (non-hydrogen) atoms. The van der Waals surface area contributed by atoms with Crippen LogP contribution in [0.3, 0.4) is 0 Å². The Kier molecular flexibility index (Phi) is 7.65. The maximum Gasteiger partial charge on any atom is 0.247 e. The van der Waals surface area contributed by atoms with E-state index >= 15 is 0 Å². The Balaban J connectivity index is 2.32. The first-order valence-corrected chi connectivity index (χ1v) is 11.4. The van der Waals surface area contributed by atoms with E-state index in [1.807, 2.05) is 0 Å². The minimum atomic E-state index is -3.68. The van der Waals surface area contributed by atoms with E-state index in [0.29, 0.717) is 31.8 Å². The summed E-state index contributed by atoms with van der Waals surface area (Å²) in [6.07, 6.45) is 1.33. The molecule has 8 nitrogen and oxygen atoms in total. The Morgan fingerprint density at radius 2 is 1.93 bits per heavy atom. The number of benzene rings is 1. The third kappa shape index (κ3) is 4.90. The Bertz CT molecular complexity index is 850. The first-order chi connectivity index (χ1) is 13.7. The van der Waals surface area contributed by atoms with Crippen LogP contribution in [0.25, 0.3) is 0 Å². The van der Waals surface area contributed by atoms with E-state index in [0.717, 1.165) is 6.42 Å². The molecule has 1 aliphatic rings. The van der Waals surface area contributed by atoms with Crippen LogP contribution in [-0.2, 0) is 19.6 Å². The van der Waals surface area contributed by atoms with Crippen LogP contribution < -0.4 is 10.1 Å². The summed E-state index contributed by atoms with van der Waals surface area (Å²) in [7, 11) is -2.22. The van der Waals surface area contributed by atoms with Gasteiger partial charge < -0.3 is 15.0 Å². The van der Waals surface area contributed by atoms with E-state index in [-0.39, 0.29) is 28.3 Å². The lowest BCUT2D eigenvalue weighted by molar-refractivity contribution is -0.139. The van der Waals surface area contributed by atoms with Crippen LogP contribution in [-0.4, -0.2) is 62.2 Å². The number of likely N-dealkylation sites (tertiary alicyclic amines) is 1. The third-order valence-electron chi connectivity index (χ3n) is 5.10. The maximum atomic E-state index is 12.9. The second kappa shape index (κ2) is 9.58. The van der Waals surface area contributed by atoms with Gasteiger partial charge in [-0.1, -0.05) is 27.7 Å². The first-order valence-electron chi connectivity index (χ1n) is 9.96. The highest BCUT2D eigenvalue weighted by Crippen LogP contribution is 2.30. The van der Waals surface area contributed by atoms with Gasteiger partial charge in [-0.3, -0.25) is 9.59 Å². The van der Waals surface area contributed by atoms with Gasteiger partial charge in [0, 0.05) is 25.6 Å². The van der Waals surface area contributed by atoms with Gasteiger partial charge in [-0.05, 0) is 31.0 Å². The zero-order valence-electron chi connectivity index (χ0n) is 17.8. The van der Waals surface area contributed by atoms with E-state index in [2.05, 4.69) is 5.32 Å². The highest BCUT2D eigenvalue weighted by atomic mass is 32.2. The van der Waals surface area contributed by atoms with E-state index in [4.69, 9.17) is 4.74 Å². The number of carbonyl (C=O) groups is 2. The van der Waals surface area contributed by atoms with Crippen molar-refractivity contribution in [2.24, 2.45) is 5.92 Å². The van der Waals surface area contributed by atoms with Crippen molar-refractivity contribution < 1.29 is 22.7 Å². The summed E-state index contributed by atoms with van der Waals surface area (Å²) in [5.74, 6) is -0.239. The van der Waals surface area contributed by atoms with Crippen molar-refractivity contribution in [3.05, 3.63) is 18.2 Å². The summed E-state index contributed by atoms with van der Waals surface area (Å²) in [6, 6.07) is 3.83. The molecule has 9 heteroatoms. The molecule has 1 aromatic carbocycles. The van der Waals surface area contributed by atoms with Crippen LogP contribution in [0.5, 0.6) is 5.75 Å². The topological polar surface area (TPSA) is 96.0 Å². The number of nitrogens with one attached hydrogen (secondary N) is 1. The number of amides is 2. The lowest BCUT2D eigenvalue weighted by Gasteiger charge is -2.26. The molecule has 1 atom stereocenters. The number of carbonyl (C=O) groups excluding carboxylic acids is 2. The number of ether oxygens (including phenoxy) is 1. The Labute approximate surface area is 173 Å². The molecule has 2 rings (SSSR count). The molecule has 1 fully saturated rings. The molecule has 162 valence electrons. The standard InChI is InChI=1S/C20H31N3O5S/c1-6-22(7-2)29(26,27)15-10-11-18(28-5)16(13-15)21-19(24)17-9-8-12-23(17)20(25)14(3)4/h10-11,13-14,17H,6-9,12H2,1-5H3,(H,21,24). The molecule has 0 bridgehead atoms. The molecule has 1 saturated heterocycles. The van der Waals surface area contributed by atoms with Gasteiger partial charge in [0.15, 0.2) is 0 Å². The van der Waals surface area contributed by atoms with Gasteiger partial charge in [-0.15, -0.1) is 0 Å². The van der Waals surface area contributed by atoms with Crippen LogP contribution in [0.15, 0.2) is 23.1 Å². The van der Waals surface area contributed by atoms with Crippen LogP contribution >= 0.6 is 0 Å². The van der Waals surface area contributed by atoms with Gasteiger partial charge in [0.25, 0.3) is 0 Å². The van der Waals surface area contributed by atoms with Gasteiger partial charge >= 0.3 is 0 Å². The summed E-state index contributed by atoms with van der Waals surface area (Å²) in [6.45, 7) is 8.39. The summed E-state index contributed by atoms with van der Waals surface area (Å²) in [5, 5.41) is 2.77. The molecule has 1 aliphatic heterocycles. The number of hydrogen-bond acceptors (Lipinski definition) is 5. The largest absolute Gasteiger partial charge is 0.495 e. The maximum absolute atomic E-state index is 12.9. The van der Waals surface area contributed by atoms with E-state index in [9.17, 15) is 18.0 Å². The zero-order valence-corrected chi connectivity index (χ0v) is 18.6. The lowest BCUT2D eigenvalue weighted by Crippen LogP contribution is -2.44. The van der Waals surface area contributed by atoms with Crippen LogP contribution in [0.2, 0.25) is 0 Å². The van der Waals surface area contributed by atoms with Crippen molar-refractivity contribution in [1.29, 1.82) is 0 Å². The van der Waals surface area contributed by atoms with Gasteiger partial charge in [-0.25, -0.2) is 8.42 Å². The predicted molar refractivity (Wildman–Crippen MR) is 111 cm³/mol. The molecule has 0 radical (unpaired) electrons. The summed E-state index contributed by atoms with van der Waals surface area (Å²) < 4.78 is 32.3. The lowest BCUT2D eigenvalue weighted by atomic mass is 10.1. The minimum Gasteiger partial charge on any atom is -0.495 e. The molecular formula is C20H31N3O5S. The fourth-order valence-corrected chi connectivity index (χ4v) is 4.99. The van der Waals surface area contributed by atoms with Crippen molar-refractivity contribution in [2.45, 2.75) is 51.5 Å². The molecular weight excluding hydrogens is 394 g/mol. The van der Waals surface area contributed by atoms with Gasteiger partial charge in [0.1, 0.15) is 11.8 Å². The van der Waals surface area contributed by atoms with Gasteiger partial charge in [0.05, 0.1) is 17.7 Å². The third-order valence-corrected chi connectivity index (χ3v) is 7.15. The minimum absolute atomic E-state index is 0.0625. The molecule has 1 aromatic rings. The summed E-state index contributed by atoms with van der Waals surface area (Å²) >= 11 is 0. The number of rotatable bonds is 8. The molecule has 1 unspecified atom stereocenters. The van der Waals surface area contributed by atoms with E-state index in [1.165, 1.54) is 29.6 Å². The van der Waals surface area contributed by atoms with E-state index in [1.54, 1.807) is 32.6 Å². The summed E-state index contributed by atoms with van der Waals surface area (Å²) in [5.41, 5.74) is 0.273. The molecule has 0 aromatic heterocycles. The molecule has 0 aliphatic carbocycles. The van der Waals surface area contributed by atoms with Crippen molar-refractivity contribution in [3.63, 3.8) is 0 Å². The zero-order chi connectivity index (χ0) is 21.8. The van der Waals surface area contributed by atoms with Crippen LogP contribution in [0, 0.1) is 5.92 Å². The van der Waals surface area contributed by atoms with Crippen LogP contribution in [0.1, 0.15) is 40.5 Å². The summed E-state index contributed by atoms with van der Waals surface area (Å²) in [4.78, 5) is 27.0. The highest BCUT2D eigenvalue weighted by Gasteiger charge is 2.35. The highest BCUT2D eigenvalue weighted by molar-refractivity contribution is 7.89. The van der Waals surface area contributed by atoms with Gasteiger partial charge in [0.2, 0.25) is 21.8 Å². The second-order valence-corrected chi connectivity index (χ2v) is 9.22. The number of nitrogens with zero attached hydrogens (tertiary/aromatic N) is 2. The average molecular weight is 426 g/mol. The Morgan fingerprint density at radius 1 is 1.28 bits per heavy atom. The van der Waals surface area contributed by atoms with Crippen LogP contribution in [0.4, 0.5) is 5.69 Å². The number of methoxy groups -OCH3 is 1. The number of hydrogen-bond donors (Lipinski definition) is 1. The molecule has 2 amide bonds. The quantitative estimate of drug-likeness (QED) is 0.689. The smallest absolute Gasteiger partial charge is 0.247 e. The second-order valence-electron chi connectivity index (χ2n) is 7.29. The van der Waals surface area contributed by atoms with Crippen molar-refractivity contribution in [2.75, 3.05) is 32.1 Å². The predicted octanol–water partition coefficient (Wildman–Crippen LogP) is 2.31. The first kappa shape index (κ1) is 23.2. The van der Waals surface area contributed by atoms with E-state index < -0.39 is 16.1 Å². The number of sulfonamides is 1. The Morgan fingerprint density at radius 3 is 2.48 bits per heavy atom. The van der Waals surface area contributed by atoms with Gasteiger partial charge in [-0.2, -0.15) is 4.31 Å². The fraction of sp³-hybridized carbons (Fsp3) is 0.600. The average Bonchev–Trinajstić information content (AvgIpc) is 3.17. The molecule has 1 N–H and O–H groups in total. The molecule has 0 saturated carbocycles. The number of anilines is 1. The monoisotopic (exact) mass is 425 g/mol. The fourth-order valence-electron chi connectivity index (χ4n) is 3.51. The van der Waals surface area contributed by atoms with Crippen molar-refractivity contribution in [1.82, 2.24) is 9.21 Å². The SMILES string of the molecule is CCN(CC)S(=O)(=O)c1ccc(OC)c(NC(=O)C2CCCN2C(=O)C(C)C)c1. The molecule has 1 heterocycles. The Hall–Kier alpha value is -2.13.